The SMILES string of the molecule is CC(C)(C)OC(=O)C1(c2ccc(Cl)cc2)NN(Cc2ccc(OCc3ccccc3)c(OCc3ccccc3)c2)C2=C1CCNCC2. The van der Waals surface area contributed by atoms with Gasteiger partial charge >= 0.3 is 5.97 Å². The molecule has 2 N–H and O–H groups in total. The van der Waals surface area contributed by atoms with Crippen molar-refractivity contribution in [2.24, 2.45) is 0 Å². The zero-order valence-corrected chi connectivity index (χ0v) is 28.0. The lowest BCUT2D eigenvalue weighted by Gasteiger charge is -2.35. The lowest BCUT2D eigenvalue weighted by atomic mass is 9.81. The van der Waals surface area contributed by atoms with Crippen LogP contribution in [0.1, 0.15) is 55.9 Å². The Morgan fingerprint density at radius 3 is 2.04 bits per heavy atom. The molecule has 4 aromatic carbocycles. The van der Waals surface area contributed by atoms with Gasteiger partial charge in [-0.25, -0.2) is 10.2 Å². The summed E-state index contributed by atoms with van der Waals surface area (Å²) in [5.74, 6) is 1.00. The van der Waals surface area contributed by atoms with Crippen LogP contribution < -0.4 is 20.2 Å². The molecule has 47 heavy (non-hydrogen) atoms. The average Bonchev–Trinajstić information content (AvgIpc) is 3.19. The van der Waals surface area contributed by atoms with Gasteiger partial charge in [0.1, 0.15) is 18.8 Å². The zero-order chi connectivity index (χ0) is 32.9. The van der Waals surface area contributed by atoms with Crippen LogP contribution in [-0.2, 0) is 34.8 Å². The molecule has 2 heterocycles. The highest BCUT2D eigenvalue weighted by molar-refractivity contribution is 6.30. The van der Waals surface area contributed by atoms with E-state index in [0.717, 1.165) is 53.0 Å². The van der Waals surface area contributed by atoms with Crippen molar-refractivity contribution in [2.45, 2.75) is 64.5 Å². The van der Waals surface area contributed by atoms with Gasteiger partial charge in [0, 0.05) is 23.7 Å². The summed E-state index contributed by atoms with van der Waals surface area (Å²) in [6, 6.07) is 33.7. The molecule has 244 valence electrons. The first-order valence-electron chi connectivity index (χ1n) is 16.2. The smallest absolute Gasteiger partial charge is 0.337 e. The van der Waals surface area contributed by atoms with E-state index in [1.165, 1.54) is 0 Å². The molecule has 2 aliphatic heterocycles. The van der Waals surface area contributed by atoms with Crippen LogP contribution in [-0.4, -0.2) is 29.7 Å². The van der Waals surface area contributed by atoms with Crippen LogP contribution in [0, 0.1) is 0 Å². The molecule has 0 aliphatic carbocycles. The quantitative estimate of drug-likeness (QED) is 0.170. The first-order valence-corrected chi connectivity index (χ1v) is 16.5. The van der Waals surface area contributed by atoms with Crippen LogP contribution in [0.25, 0.3) is 0 Å². The zero-order valence-electron chi connectivity index (χ0n) is 27.2. The van der Waals surface area contributed by atoms with E-state index < -0.39 is 11.1 Å². The molecule has 0 bridgehead atoms. The predicted molar refractivity (Wildman–Crippen MR) is 185 cm³/mol. The molecule has 4 aromatic rings. The number of hydrogen-bond acceptors (Lipinski definition) is 7. The second-order valence-corrected chi connectivity index (χ2v) is 13.4. The monoisotopic (exact) mass is 651 g/mol. The summed E-state index contributed by atoms with van der Waals surface area (Å²) in [4.78, 5) is 14.3. The molecule has 8 heteroatoms. The van der Waals surface area contributed by atoms with E-state index in [9.17, 15) is 4.79 Å². The normalized spacial score (nSPS) is 18.0. The molecule has 2 aliphatic rings. The van der Waals surface area contributed by atoms with Gasteiger partial charge in [0.25, 0.3) is 0 Å². The number of ether oxygens (including phenoxy) is 3. The number of carbonyl (C=O) groups excluding carboxylic acids is 1. The van der Waals surface area contributed by atoms with Crippen molar-refractivity contribution >= 4 is 17.6 Å². The summed E-state index contributed by atoms with van der Waals surface area (Å²) < 4.78 is 18.8. The highest BCUT2D eigenvalue weighted by Crippen LogP contribution is 2.44. The summed E-state index contributed by atoms with van der Waals surface area (Å²) in [5.41, 5.74) is 7.86. The molecule has 0 aromatic heterocycles. The van der Waals surface area contributed by atoms with Crippen LogP contribution in [0.4, 0.5) is 0 Å². The van der Waals surface area contributed by atoms with E-state index in [2.05, 4.69) is 21.8 Å². The third-order valence-electron chi connectivity index (χ3n) is 8.33. The maximum absolute atomic E-state index is 14.3. The van der Waals surface area contributed by atoms with Gasteiger partial charge in [-0.1, -0.05) is 90.5 Å². The molecular formula is C39H42ClN3O4. The van der Waals surface area contributed by atoms with Crippen molar-refractivity contribution in [2.75, 3.05) is 13.1 Å². The molecule has 1 atom stereocenters. The fraction of sp³-hybridized carbons (Fsp3) is 0.308. The molecule has 1 unspecified atom stereocenters. The minimum absolute atomic E-state index is 0.333. The summed E-state index contributed by atoms with van der Waals surface area (Å²) >= 11 is 6.31. The Labute approximate surface area is 282 Å². The molecule has 6 rings (SSSR count). The predicted octanol–water partition coefficient (Wildman–Crippen LogP) is 7.69. The summed E-state index contributed by atoms with van der Waals surface area (Å²) in [7, 11) is 0. The van der Waals surface area contributed by atoms with Crippen LogP contribution in [0.15, 0.2) is 114 Å². The Morgan fingerprint density at radius 1 is 0.787 bits per heavy atom. The maximum atomic E-state index is 14.3. The maximum Gasteiger partial charge on any atom is 0.337 e. The third kappa shape index (κ3) is 7.65. The standard InChI is InChI=1S/C39H42ClN3O4/c1-38(2,3)47-37(44)39(31-15-17-32(40)18-16-31)33-20-22-41-23-21-34(33)43(42-39)25-30-14-19-35(45-26-28-10-6-4-7-11-28)36(24-30)46-27-29-12-8-5-9-13-29/h4-19,24,41-42H,20-23,25-27H2,1-3H3. The van der Waals surface area contributed by atoms with Crippen molar-refractivity contribution in [3.8, 4) is 11.5 Å². The number of hydrogen-bond donors (Lipinski definition) is 2. The second-order valence-electron chi connectivity index (χ2n) is 13.0. The number of rotatable bonds is 10. The fourth-order valence-electron chi connectivity index (χ4n) is 6.13. The highest BCUT2D eigenvalue weighted by atomic mass is 35.5. The molecule has 0 spiro atoms. The average molecular weight is 652 g/mol. The van der Waals surface area contributed by atoms with Gasteiger partial charge in [-0.3, -0.25) is 0 Å². The van der Waals surface area contributed by atoms with Crippen molar-refractivity contribution in [3.63, 3.8) is 0 Å². The number of hydrazine groups is 1. The van der Waals surface area contributed by atoms with E-state index in [1.807, 2.05) is 118 Å². The van der Waals surface area contributed by atoms with E-state index in [-0.39, 0.29) is 5.97 Å². The lowest BCUT2D eigenvalue weighted by molar-refractivity contribution is -0.163. The number of esters is 1. The van der Waals surface area contributed by atoms with Crippen LogP contribution >= 0.6 is 11.6 Å². The van der Waals surface area contributed by atoms with Gasteiger partial charge in [0.2, 0.25) is 0 Å². The van der Waals surface area contributed by atoms with Gasteiger partial charge in [-0.2, -0.15) is 0 Å². The molecule has 0 radical (unpaired) electrons. The molecule has 0 saturated carbocycles. The van der Waals surface area contributed by atoms with E-state index in [4.69, 9.17) is 25.8 Å². The molecule has 0 fully saturated rings. The Morgan fingerprint density at radius 2 is 1.40 bits per heavy atom. The fourth-order valence-corrected chi connectivity index (χ4v) is 6.26. The summed E-state index contributed by atoms with van der Waals surface area (Å²) in [6.45, 7) is 8.60. The minimum Gasteiger partial charge on any atom is -0.485 e. The van der Waals surface area contributed by atoms with Gasteiger partial charge in [-0.15, -0.1) is 0 Å². The molecular weight excluding hydrogens is 610 g/mol. The first kappa shape index (κ1) is 32.6. The van der Waals surface area contributed by atoms with Gasteiger partial charge in [-0.05, 0) is 85.8 Å². The number of halogens is 1. The first-order chi connectivity index (χ1) is 22.7. The van der Waals surface area contributed by atoms with Crippen LogP contribution in [0.2, 0.25) is 5.02 Å². The summed E-state index contributed by atoms with van der Waals surface area (Å²) in [6.07, 6.45) is 1.45. The van der Waals surface area contributed by atoms with Gasteiger partial charge < -0.3 is 24.5 Å². The van der Waals surface area contributed by atoms with Gasteiger partial charge in [0.15, 0.2) is 17.0 Å². The summed E-state index contributed by atoms with van der Waals surface area (Å²) in [5, 5.41) is 6.24. The second kappa shape index (κ2) is 14.2. The lowest BCUT2D eigenvalue weighted by Crippen LogP contribution is -2.54. The molecule has 7 nitrogen and oxygen atoms in total. The Kier molecular flexibility index (Phi) is 9.87. The third-order valence-corrected chi connectivity index (χ3v) is 8.58. The van der Waals surface area contributed by atoms with E-state index in [0.29, 0.717) is 42.7 Å². The number of carbonyl (C=O) groups is 1. The van der Waals surface area contributed by atoms with E-state index >= 15 is 0 Å². The van der Waals surface area contributed by atoms with Gasteiger partial charge in [0.05, 0.1) is 6.54 Å². The highest BCUT2D eigenvalue weighted by Gasteiger charge is 2.53. The Balaban J connectivity index is 1.34. The largest absolute Gasteiger partial charge is 0.485 e. The topological polar surface area (TPSA) is 72.1 Å². The molecule has 0 amide bonds. The van der Waals surface area contributed by atoms with Crippen molar-refractivity contribution in [3.05, 3.63) is 142 Å². The van der Waals surface area contributed by atoms with Crippen LogP contribution in [0.5, 0.6) is 11.5 Å². The van der Waals surface area contributed by atoms with Crippen molar-refractivity contribution in [1.82, 2.24) is 15.8 Å². The Hall–Kier alpha value is -4.30. The number of nitrogens with one attached hydrogen (secondary N) is 2. The number of nitrogens with zero attached hydrogens (tertiary/aromatic N) is 1. The van der Waals surface area contributed by atoms with Crippen molar-refractivity contribution < 1.29 is 19.0 Å². The Bertz CT molecular complexity index is 1700. The molecule has 0 saturated heterocycles. The van der Waals surface area contributed by atoms with Crippen molar-refractivity contribution in [1.29, 1.82) is 0 Å². The van der Waals surface area contributed by atoms with E-state index in [1.54, 1.807) is 0 Å². The van der Waals surface area contributed by atoms with Crippen LogP contribution in [0.3, 0.4) is 0 Å². The minimum atomic E-state index is -1.19. The number of benzene rings is 4.